The van der Waals surface area contributed by atoms with Crippen molar-refractivity contribution in [3.8, 4) is 5.75 Å². The molecular formula is C21H19F4N4O6P. The van der Waals surface area contributed by atoms with E-state index < -0.39 is 48.5 Å². The Balaban J connectivity index is 2.09. The summed E-state index contributed by atoms with van der Waals surface area (Å²) in [4.78, 5) is 18.6. The summed E-state index contributed by atoms with van der Waals surface area (Å²) in [6.45, 7) is 0. The maximum Gasteiger partial charge on any atom is 0.421 e. The molecule has 1 heterocycles. The Kier molecular flexibility index (Phi) is 7.82. The molecule has 0 bridgehead atoms. The van der Waals surface area contributed by atoms with E-state index in [-0.39, 0.29) is 22.4 Å². The van der Waals surface area contributed by atoms with Gasteiger partial charge in [0.1, 0.15) is 22.9 Å². The maximum absolute atomic E-state index is 14.2. The first-order valence-electron chi connectivity index (χ1n) is 9.83. The Labute approximate surface area is 201 Å². The van der Waals surface area contributed by atoms with E-state index in [9.17, 15) is 26.9 Å². The molecule has 2 aromatic carbocycles. The monoisotopic (exact) mass is 530 g/mol. The highest BCUT2D eigenvalue weighted by molar-refractivity contribution is 7.62. The molecule has 0 aliphatic rings. The third-order valence-electron chi connectivity index (χ3n) is 4.79. The third kappa shape index (κ3) is 5.56. The lowest BCUT2D eigenvalue weighted by atomic mass is 10.1. The van der Waals surface area contributed by atoms with Gasteiger partial charge in [0.05, 0.1) is 29.4 Å². The van der Waals surface area contributed by atoms with E-state index in [2.05, 4.69) is 20.6 Å². The second kappa shape index (κ2) is 10.5. The molecule has 0 fully saturated rings. The highest BCUT2D eigenvalue weighted by atomic mass is 31.2. The van der Waals surface area contributed by atoms with Crippen molar-refractivity contribution in [2.75, 3.05) is 32.0 Å². The first-order valence-corrected chi connectivity index (χ1v) is 11.4. The standard InChI is InChI=1S/C21H19F4N4O6P/c1-33-16-8-11(19(30)31)13(22)9-15(16)28-20-26-10-12(21(23,24)25)18(29-20)27-14-6-4-5-7-17(14)36(32,34-2)35-3/h4-10H,1-3H3,(H,30,31)(H2,26,27,28,29). The number of hydrogen-bond acceptors (Lipinski definition) is 9. The van der Waals surface area contributed by atoms with E-state index >= 15 is 0 Å². The van der Waals surface area contributed by atoms with Gasteiger partial charge in [-0.2, -0.15) is 18.2 Å². The number of nitrogens with one attached hydrogen (secondary N) is 2. The van der Waals surface area contributed by atoms with Crippen LogP contribution in [0.15, 0.2) is 42.6 Å². The zero-order valence-corrected chi connectivity index (χ0v) is 19.8. The van der Waals surface area contributed by atoms with Crippen LogP contribution in [-0.2, 0) is 19.8 Å². The highest BCUT2D eigenvalue weighted by Crippen LogP contribution is 2.47. The minimum Gasteiger partial charge on any atom is -0.495 e. The van der Waals surface area contributed by atoms with Gasteiger partial charge in [-0.05, 0) is 18.2 Å². The molecule has 3 aromatic rings. The van der Waals surface area contributed by atoms with Crippen molar-refractivity contribution < 1.29 is 45.8 Å². The summed E-state index contributed by atoms with van der Waals surface area (Å²) < 4.78 is 83.1. The molecule has 10 nitrogen and oxygen atoms in total. The molecule has 3 N–H and O–H groups in total. The number of carbonyl (C=O) groups is 1. The fraction of sp³-hybridized carbons (Fsp3) is 0.190. The Morgan fingerprint density at radius 3 is 2.31 bits per heavy atom. The second-order valence-corrected chi connectivity index (χ2v) is 9.13. The number of benzene rings is 2. The number of nitrogens with zero attached hydrogens (tertiary/aromatic N) is 2. The minimum absolute atomic E-state index is 0.0471. The van der Waals surface area contributed by atoms with Gasteiger partial charge in [0.2, 0.25) is 5.95 Å². The second-order valence-electron chi connectivity index (χ2n) is 6.92. The van der Waals surface area contributed by atoms with Crippen LogP contribution in [0.3, 0.4) is 0 Å². The molecule has 1 aromatic heterocycles. The predicted octanol–water partition coefficient (Wildman–Crippen LogP) is 4.94. The van der Waals surface area contributed by atoms with Crippen molar-refractivity contribution in [2.45, 2.75) is 6.18 Å². The van der Waals surface area contributed by atoms with Crippen molar-refractivity contribution >= 4 is 42.0 Å². The summed E-state index contributed by atoms with van der Waals surface area (Å²) in [6.07, 6.45) is -4.39. The number of aromatic nitrogens is 2. The Morgan fingerprint density at radius 1 is 1.06 bits per heavy atom. The molecule has 0 saturated heterocycles. The van der Waals surface area contributed by atoms with Gasteiger partial charge in [-0.25, -0.2) is 14.2 Å². The zero-order valence-electron chi connectivity index (χ0n) is 18.9. The summed E-state index contributed by atoms with van der Waals surface area (Å²) >= 11 is 0. The van der Waals surface area contributed by atoms with Crippen LogP contribution in [-0.4, -0.2) is 42.4 Å². The average Bonchev–Trinajstić information content (AvgIpc) is 2.83. The van der Waals surface area contributed by atoms with Crippen molar-refractivity contribution in [3.05, 3.63) is 59.5 Å². The van der Waals surface area contributed by atoms with Crippen LogP contribution in [0.25, 0.3) is 0 Å². The fourth-order valence-corrected chi connectivity index (χ4v) is 4.30. The molecule has 0 atom stereocenters. The van der Waals surface area contributed by atoms with Gasteiger partial charge in [-0.1, -0.05) is 12.1 Å². The first-order chi connectivity index (χ1) is 16.9. The number of anilines is 4. The lowest BCUT2D eigenvalue weighted by Gasteiger charge is -2.20. The van der Waals surface area contributed by atoms with E-state index in [0.29, 0.717) is 6.20 Å². The number of hydrogen-bond donors (Lipinski definition) is 3. The summed E-state index contributed by atoms with van der Waals surface area (Å²) in [5.74, 6) is -3.94. The predicted molar refractivity (Wildman–Crippen MR) is 121 cm³/mol. The molecule has 0 saturated carbocycles. The number of alkyl halides is 3. The lowest BCUT2D eigenvalue weighted by molar-refractivity contribution is -0.137. The number of para-hydroxylation sites is 1. The van der Waals surface area contributed by atoms with E-state index in [1.165, 1.54) is 31.4 Å². The average molecular weight is 530 g/mol. The number of rotatable bonds is 9. The van der Waals surface area contributed by atoms with Crippen LogP contribution in [0.1, 0.15) is 15.9 Å². The number of carboxylic acids is 1. The molecular weight excluding hydrogens is 511 g/mol. The smallest absolute Gasteiger partial charge is 0.421 e. The summed E-state index contributed by atoms with van der Waals surface area (Å²) in [7, 11) is -0.438. The summed E-state index contributed by atoms with van der Waals surface area (Å²) in [5, 5.41) is 14.0. The van der Waals surface area contributed by atoms with Gasteiger partial charge in [0, 0.05) is 26.5 Å². The molecule has 15 heteroatoms. The Hall–Kier alpha value is -3.74. The van der Waals surface area contributed by atoms with Crippen molar-refractivity contribution in [2.24, 2.45) is 0 Å². The number of carboxylic acid groups (broad SMARTS) is 1. The van der Waals surface area contributed by atoms with Gasteiger partial charge >= 0.3 is 19.7 Å². The van der Waals surface area contributed by atoms with Crippen LogP contribution < -0.4 is 20.7 Å². The van der Waals surface area contributed by atoms with Crippen molar-refractivity contribution in [1.29, 1.82) is 0 Å². The molecule has 0 radical (unpaired) electrons. The van der Waals surface area contributed by atoms with E-state index in [1.54, 1.807) is 0 Å². The number of methoxy groups -OCH3 is 1. The van der Waals surface area contributed by atoms with Gasteiger partial charge in [-0.3, -0.25) is 4.57 Å². The van der Waals surface area contributed by atoms with E-state index in [1.807, 2.05) is 0 Å². The molecule has 0 unspecified atom stereocenters. The maximum atomic E-state index is 14.2. The van der Waals surface area contributed by atoms with E-state index in [0.717, 1.165) is 26.4 Å². The molecule has 0 spiro atoms. The zero-order chi connectivity index (χ0) is 26.7. The largest absolute Gasteiger partial charge is 0.495 e. The SMILES string of the molecule is COc1cc(C(=O)O)c(F)cc1Nc1ncc(C(F)(F)F)c(Nc2ccccc2P(=O)(OC)OC)n1. The molecule has 0 aliphatic carbocycles. The Morgan fingerprint density at radius 2 is 1.72 bits per heavy atom. The molecule has 192 valence electrons. The molecule has 3 rings (SSSR count). The summed E-state index contributed by atoms with van der Waals surface area (Å²) in [6, 6.07) is 7.34. The fourth-order valence-electron chi connectivity index (χ4n) is 3.07. The summed E-state index contributed by atoms with van der Waals surface area (Å²) in [5.41, 5.74) is -2.12. The normalized spacial score (nSPS) is 11.8. The van der Waals surface area contributed by atoms with Crippen LogP contribution in [0, 0.1) is 5.82 Å². The minimum atomic E-state index is -4.88. The van der Waals surface area contributed by atoms with Crippen LogP contribution in [0.5, 0.6) is 5.75 Å². The van der Waals surface area contributed by atoms with Crippen molar-refractivity contribution in [3.63, 3.8) is 0 Å². The molecule has 36 heavy (non-hydrogen) atoms. The number of halogens is 4. The van der Waals surface area contributed by atoms with Crippen LogP contribution in [0.4, 0.5) is 40.7 Å². The van der Waals surface area contributed by atoms with Gasteiger partial charge < -0.3 is 29.5 Å². The van der Waals surface area contributed by atoms with E-state index in [4.69, 9.17) is 18.9 Å². The van der Waals surface area contributed by atoms with Gasteiger partial charge in [0.25, 0.3) is 0 Å². The number of ether oxygens (including phenoxy) is 1. The van der Waals surface area contributed by atoms with Crippen LogP contribution in [0.2, 0.25) is 0 Å². The van der Waals surface area contributed by atoms with Crippen LogP contribution >= 0.6 is 7.60 Å². The van der Waals surface area contributed by atoms with Crippen molar-refractivity contribution in [1.82, 2.24) is 9.97 Å². The molecule has 0 aliphatic heterocycles. The first kappa shape index (κ1) is 26.9. The van der Waals surface area contributed by atoms with Gasteiger partial charge in [-0.15, -0.1) is 0 Å². The lowest BCUT2D eigenvalue weighted by Crippen LogP contribution is -2.17. The topological polar surface area (TPSA) is 132 Å². The third-order valence-corrected chi connectivity index (χ3v) is 6.73. The highest BCUT2D eigenvalue weighted by Gasteiger charge is 2.36. The number of aromatic carboxylic acids is 1. The Bertz CT molecular complexity index is 1330. The molecule has 0 amide bonds. The van der Waals surface area contributed by atoms with Gasteiger partial charge in [0.15, 0.2) is 0 Å². The quantitative estimate of drug-likeness (QED) is 0.258.